The van der Waals surface area contributed by atoms with Crippen molar-refractivity contribution in [2.75, 3.05) is 0 Å². The molecule has 0 spiro atoms. The molecule has 166 valence electrons. The minimum Gasteiger partial charge on any atom is -0.488 e. The van der Waals surface area contributed by atoms with E-state index in [0.29, 0.717) is 17.9 Å². The normalized spacial score (nSPS) is 11.1. The largest absolute Gasteiger partial charge is 0.488 e. The summed E-state index contributed by atoms with van der Waals surface area (Å²) in [6, 6.07) is 32.7. The zero-order chi connectivity index (χ0) is 23.2. The van der Waals surface area contributed by atoms with Gasteiger partial charge in [-0.1, -0.05) is 72.8 Å². The van der Waals surface area contributed by atoms with Gasteiger partial charge in [-0.15, -0.1) is 0 Å². The maximum atomic E-state index is 12.7. The number of hydrazone groups is 1. The molecule has 4 aromatic carbocycles. The molecule has 6 heteroatoms. The fraction of sp³-hybridized carbons (Fsp3) is 0.0357. The van der Waals surface area contributed by atoms with Gasteiger partial charge in [-0.05, 0) is 35.9 Å². The molecule has 0 aliphatic rings. The molecule has 5 rings (SSSR count). The van der Waals surface area contributed by atoms with Crippen LogP contribution in [-0.2, 0) is 6.61 Å². The fourth-order valence-electron chi connectivity index (χ4n) is 3.56. The molecule has 1 amide bonds. The number of amides is 1. The van der Waals surface area contributed by atoms with Gasteiger partial charge in [-0.25, -0.2) is 10.4 Å². The molecule has 34 heavy (non-hydrogen) atoms. The number of H-pyrrole nitrogens is 1. The van der Waals surface area contributed by atoms with Crippen molar-refractivity contribution in [3.05, 3.63) is 120 Å². The molecule has 6 nitrogen and oxygen atoms in total. The molecule has 0 fully saturated rings. The number of hydrogen-bond donors (Lipinski definition) is 2. The van der Waals surface area contributed by atoms with E-state index in [2.05, 4.69) is 20.5 Å². The van der Waals surface area contributed by atoms with Crippen molar-refractivity contribution >= 4 is 23.2 Å². The van der Waals surface area contributed by atoms with Crippen molar-refractivity contribution in [3.8, 4) is 17.1 Å². The van der Waals surface area contributed by atoms with Crippen LogP contribution >= 0.6 is 0 Å². The highest BCUT2D eigenvalue weighted by Gasteiger charge is 2.10. The van der Waals surface area contributed by atoms with Gasteiger partial charge in [0.25, 0.3) is 5.91 Å². The van der Waals surface area contributed by atoms with E-state index in [-0.39, 0.29) is 5.91 Å². The zero-order valence-corrected chi connectivity index (χ0v) is 18.3. The van der Waals surface area contributed by atoms with Gasteiger partial charge in [0.05, 0.1) is 17.2 Å². The van der Waals surface area contributed by atoms with Crippen molar-refractivity contribution in [3.63, 3.8) is 0 Å². The van der Waals surface area contributed by atoms with E-state index in [9.17, 15) is 4.79 Å². The summed E-state index contributed by atoms with van der Waals surface area (Å²) in [6.07, 6.45) is 1.58. The van der Waals surface area contributed by atoms with Crippen LogP contribution < -0.4 is 10.2 Å². The number of imidazole rings is 1. The van der Waals surface area contributed by atoms with E-state index < -0.39 is 0 Å². The summed E-state index contributed by atoms with van der Waals surface area (Å²) in [4.78, 5) is 20.5. The van der Waals surface area contributed by atoms with Crippen molar-refractivity contribution in [1.82, 2.24) is 15.4 Å². The third kappa shape index (κ3) is 4.86. The summed E-state index contributed by atoms with van der Waals surface area (Å²) in [5.41, 5.74) is 7.50. The summed E-state index contributed by atoms with van der Waals surface area (Å²) >= 11 is 0. The number of nitrogens with zero attached hydrogens (tertiary/aromatic N) is 2. The van der Waals surface area contributed by atoms with Crippen molar-refractivity contribution < 1.29 is 9.53 Å². The van der Waals surface area contributed by atoms with E-state index in [4.69, 9.17) is 4.74 Å². The highest BCUT2D eigenvalue weighted by molar-refractivity contribution is 5.98. The first-order chi connectivity index (χ1) is 16.8. The smallest absolute Gasteiger partial charge is 0.271 e. The van der Waals surface area contributed by atoms with Crippen LogP contribution in [0.25, 0.3) is 22.4 Å². The lowest BCUT2D eigenvalue weighted by Crippen LogP contribution is -2.17. The Bertz CT molecular complexity index is 1440. The first kappa shape index (κ1) is 21.2. The predicted molar refractivity (Wildman–Crippen MR) is 134 cm³/mol. The Balaban J connectivity index is 1.26. The minimum atomic E-state index is -0.309. The van der Waals surface area contributed by atoms with Crippen LogP contribution in [0.4, 0.5) is 0 Å². The van der Waals surface area contributed by atoms with E-state index in [1.165, 1.54) is 0 Å². The third-order valence-corrected chi connectivity index (χ3v) is 5.32. The maximum absolute atomic E-state index is 12.7. The van der Waals surface area contributed by atoms with Crippen LogP contribution in [0.2, 0.25) is 0 Å². The van der Waals surface area contributed by atoms with Crippen molar-refractivity contribution in [2.24, 2.45) is 5.10 Å². The summed E-state index contributed by atoms with van der Waals surface area (Å²) in [7, 11) is 0. The van der Waals surface area contributed by atoms with Gasteiger partial charge < -0.3 is 9.72 Å². The van der Waals surface area contributed by atoms with E-state index in [1.54, 1.807) is 18.3 Å². The number of aromatic amines is 1. The van der Waals surface area contributed by atoms with Crippen LogP contribution in [0, 0.1) is 0 Å². The number of para-hydroxylation sites is 1. The molecule has 0 saturated heterocycles. The van der Waals surface area contributed by atoms with Gasteiger partial charge in [-0.3, -0.25) is 4.79 Å². The highest BCUT2D eigenvalue weighted by atomic mass is 16.5. The Hall–Kier alpha value is -4.71. The average molecular weight is 447 g/mol. The SMILES string of the molecule is O=C(N/N=C/c1ccccc1OCc1ccccc1)c1ccc2nc(-c3ccccc3)[nH]c2c1. The second kappa shape index (κ2) is 9.83. The number of ether oxygens (including phenoxy) is 1. The van der Waals surface area contributed by atoms with Gasteiger partial charge in [0.1, 0.15) is 18.2 Å². The van der Waals surface area contributed by atoms with Crippen molar-refractivity contribution in [2.45, 2.75) is 6.61 Å². The monoisotopic (exact) mass is 446 g/mol. The number of hydrogen-bond acceptors (Lipinski definition) is 4. The molecule has 1 heterocycles. The second-order valence-corrected chi connectivity index (χ2v) is 7.69. The van der Waals surface area contributed by atoms with Crippen LogP contribution in [0.1, 0.15) is 21.5 Å². The van der Waals surface area contributed by atoms with Gasteiger partial charge in [-0.2, -0.15) is 5.10 Å². The number of benzene rings is 4. The zero-order valence-electron chi connectivity index (χ0n) is 18.3. The van der Waals surface area contributed by atoms with Crippen LogP contribution in [0.3, 0.4) is 0 Å². The summed E-state index contributed by atoms with van der Waals surface area (Å²) in [5, 5.41) is 4.14. The molecule has 1 aromatic heterocycles. The van der Waals surface area contributed by atoms with E-state index in [1.807, 2.05) is 91.0 Å². The van der Waals surface area contributed by atoms with Crippen LogP contribution in [-0.4, -0.2) is 22.1 Å². The number of carbonyl (C=O) groups excluding carboxylic acids is 1. The lowest BCUT2D eigenvalue weighted by Gasteiger charge is -2.09. The number of fused-ring (bicyclic) bond motifs is 1. The van der Waals surface area contributed by atoms with Crippen molar-refractivity contribution in [1.29, 1.82) is 0 Å². The van der Waals surface area contributed by atoms with Crippen LogP contribution in [0.5, 0.6) is 5.75 Å². The third-order valence-electron chi connectivity index (χ3n) is 5.32. The summed E-state index contributed by atoms with van der Waals surface area (Å²) < 4.78 is 5.94. The van der Waals surface area contributed by atoms with E-state index in [0.717, 1.165) is 33.5 Å². The summed E-state index contributed by atoms with van der Waals surface area (Å²) in [6.45, 7) is 0.452. The topological polar surface area (TPSA) is 79.4 Å². The average Bonchev–Trinajstić information content (AvgIpc) is 3.33. The van der Waals surface area contributed by atoms with E-state index >= 15 is 0 Å². The molecular formula is C28H22N4O2. The summed E-state index contributed by atoms with van der Waals surface area (Å²) in [5.74, 6) is 1.15. The predicted octanol–water partition coefficient (Wildman–Crippen LogP) is 5.57. The quantitative estimate of drug-likeness (QED) is 0.253. The molecule has 0 saturated carbocycles. The lowest BCUT2D eigenvalue weighted by molar-refractivity contribution is 0.0955. The van der Waals surface area contributed by atoms with Gasteiger partial charge in [0, 0.05) is 16.7 Å². The number of nitrogens with one attached hydrogen (secondary N) is 2. The molecule has 0 aliphatic heterocycles. The Morgan fingerprint density at radius 2 is 1.65 bits per heavy atom. The Morgan fingerprint density at radius 1 is 0.912 bits per heavy atom. The number of aromatic nitrogens is 2. The fourth-order valence-corrected chi connectivity index (χ4v) is 3.56. The first-order valence-corrected chi connectivity index (χ1v) is 10.9. The second-order valence-electron chi connectivity index (χ2n) is 7.69. The maximum Gasteiger partial charge on any atom is 0.271 e. The first-order valence-electron chi connectivity index (χ1n) is 10.9. The Morgan fingerprint density at radius 3 is 2.47 bits per heavy atom. The van der Waals surface area contributed by atoms with Crippen LogP contribution in [0.15, 0.2) is 108 Å². The standard InChI is InChI=1S/C28H22N4O2/c33-28(22-15-16-24-25(17-22)31-27(30-24)21-11-5-2-6-12-21)32-29-18-23-13-7-8-14-26(23)34-19-20-9-3-1-4-10-20/h1-18H,19H2,(H,30,31)(H,32,33)/b29-18+. The molecule has 2 N–H and O–H groups in total. The van der Waals surface area contributed by atoms with Gasteiger partial charge >= 0.3 is 0 Å². The lowest BCUT2D eigenvalue weighted by atomic mass is 10.2. The molecule has 0 unspecified atom stereocenters. The molecule has 0 radical (unpaired) electrons. The number of rotatable bonds is 7. The molecular weight excluding hydrogens is 424 g/mol. The number of carbonyl (C=O) groups is 1. The molecule has 0 bridgehead atoms. The minimum absolute atomic E-state index is 0.309. The van der Waals surface area contributed by atoms with Gasteiger partial charge in [0.15, 0.2) is 0 Å². The molecule has 5 aromatic rings. The Kier molecular flexibility index (Phi) is 6.12. The Labute approximate surface area is 196 Å². The molecule has 0 aliphatic carbocycles. The van der Waals surface area contributed by atoms with Gasteiger partial charge in [0.2, 0.25) is 0 Å². The highest BCUT2D eigenvalue weighted by Crippen LogP contribution is 2.21. The molecule has 0 atom stereocenters.